The number of nitrogen functional groups attached to an aromatic ring is 1. The van der Waals surface area contributed by atoms with Crippen molar-refractivity contribution in [1.82, 2.24) is 19.3 Å². The summed E-state index contributed by atoms with van der Waals surface area (Å²) in [5, 5.41) is 0. The second-order valence-electron chi connectivity index (χ2n) is 9.09. The van der Waals surface area contributed by atoms with Gasteiger partial charge in [-0.1, -0.05) is 31.7 Å². The van der Waals surface area contributed by atoms with Crippen LogP contribution in [0.4, 0.5) is 5.82 Å². The van der Waals surface area contributed by atoms with E-state index in [9.17, 15) is 4.79 Å². The molecule has 7 nitrogen and oxygen atoms in total. The van der Waals surface area contributed by atoms with Crippen LogP contribution >= 0.6 is 0 Å². The predicted octanol–water partition coefficient (Wildman–Crippen LogP) is 5.64. The maximum Gasteiger partial charge on any atom is 0.246 e. The Morgan fingerprint density at radius 2 is 1.80 bits per heavy atom. The molecule has 0 saturated carbocycles. The zero-order valence-corrected chi connectivity index (χ0v) is 20.0. The number of rotatable bonds is 5. The monoisotopic (exact) mass is 467 g/mol. The lowest BCUT2D eigenvalue weighted by Gasteiger charge is -2.43. The molecule has 178 valence electrons. The number of carbonyl (C=O) groups is 1. The van der Waals surface area contributed by atoms with Crippen LogP contribution in [0.5, 0.6) is 11.5 Å². The number of para-hydroxylation sites is 1. The Bertz CT molecular complexity index is 1360. The van der Waals surface area contributed by atoms with E-state index in [4.69, 9.17) is 15.5 Å². The first-order valence-electron chi connectivity index (χ1n) is 11.9. The highest BCUT2D eigenvalue weighted by molar-refractivity contribution is 5.88. The number of ether oxygens (including phenoxy) is 1. The smallest absolute Gasteiger partial charge is 0.246 e. The van der Waals surface area contributed by atoms with Gasteiger partial charge in [0.1, 0.15) is 34.4 Å². The SMILES string of the molecule is C=CC(=O)N1[C@H](c2nc(-c3ccc(Oc4ccccc4)cc3)c3c(N)nccn23)[C@H](C)CC[C@@H]1C. The van der Waals surface area contributed by atoms with E-state index < -0.39 is 0 Å². The summed E-state index contributed by atoms with van der Waals surface area (Å²) in [7, 11) is 0. The molecule has 7 heteroatoms. The number of likely N-dealkylation sites (tertiary alicyclic amines) is 1. The second kappa shape index (κ2) is 9.25. The van der Waals surface area contributed by atoms with E-state index in [2.05, 4.69) is 25.4 Å². The zero-order chi connectivity index (χ0) is 24.5. The number of anilines is 1. The minimum Gasteiger partial charge on any atom is -0.457 e. The highest BCUT2D eigenvalue weighted by atomic mass is 16.5. The highest BCUT2D eigenvalue weighted by Gasteiger charge is 2.39. The van der Waals surface area contributed by atoms with E-state index in [-0.39, 0.29) is 23.9 Å². The van der Waals surface area contributed by atoms with Gasteiger partial charge in [0.25, 0.3) is 0 Å². The summed E-state index contributed by atoms with van der Waals surface area (Å²) in [6.45, 7) is 7.98. The molecule has 4 aromatic rings. The van der Waals surface area contributed by atoms with Gasteiger partial charge < -0.3 is 15.4 Å². The fraction of sp³-hybridized carbons (Fsp3) is 0.250. The lowest BCUT2D eigenvalue weighted by molar-refractivity contribution is -0.134. The van der Waals surface area contributed by atoms with Crippen molar-refractivity contribution >= 4 is 17.2 Å². The van der Waals surface area contributed by atoms with Crippen LogP contribution < -0.4 is 10.5 Å². The van der Waals surface area contributed by atoms with E-state index in [1.54, 1.807) is 6.20 Å². The molecule has 2 aromatic carbocycles. The largest absolute Gasteiger partial charge is 0.457 e. The lowest BCUT2D eigenvalue weighted by Crippen LogP contribution is -2.47. The molecule has 5 rings (SSSR count). The lowest BCUT2D eigenvalue weighted by atomic mass is 9.86. The average Bonchev–Trinajstić information content (AvgIpc) is 3.26. The summed E-state index contributed by atoms with van der Waals surface area (Å²) in [5.74, 6) is 2.82. The molecule has 1 aliphatic heterocycles. The summed E-state index contributed by atoms with van der Waals surface area (Å²) >= 11 is 0. The van der Waals surface area contributed by atoms with Crippen molar-refractivity contribution in [3.05, 3.63) is 85.5 Å². The van der Waals surface area contributed by atoms with Gasteiger partial charge in [-0.3, -0.25) is 9.20 Å². The minimum atomic E-state index is -0.201. The van der Waals surface area contributed by atoms with Gasteiger partial charge in [-0.2, -0.15) is 0 Å². The fourth-order valence-electron chi connectivity index (χ4n) is 4.99. The zero-order valence-electron chi connectivity index (χ0n) is 20.0. The number of fused-ring (bicyclic) bond motifs is 1. The van der Waals surface area contributed by atoms with Crippen molar-refractivity contribution < 1.29 is 9.53 Å². The van der Waals surface area contributed by atoms with Gasteiger partial charge in [0.05, 0.1) is 6.04 Å². The summed E-state index contributed by atoms with van der Waals surface area (Å²) in [5.41, 5.74) is 8.72. The molecule has 3 heterocycles. The number of nitrogens with zero attached hydrogens (tertiary/aromatic N) is 4. The van der Waals surface area contributed by atoms with Gasteiger partial charge in [0.15, 0.2) is 0 Å². The van der Waals surface area contributed by atoms with Crippen LogP contribution in [0.1, 0.15) is 38.6 Å². The van der Waals surface area contributed by atoms with Crippen molar-refractivity contribution in [1.29, 1.82) is 0 Å². The molecule has 35 heavy (non-hydrogen) atoms. The minimum absolute atomic E-state index is 0.0863. The first-order chi connectivity index (χ1) is 17.0. The van der Waals surface area contributed by atoms with Gasteiger partial charge in [-0.25, -0.2) is 9.97 Å². The Balaban J connectivity index is 1.59. The molecule has 0 radical (unpaired) electrons. The number of benzene rings is 2. The first kappa shape index (κ1) is 22.7. The third-order valence-electron chi connectivity index (χ3n) is 6.76. The molecule has 0 bridgehead atoms. The molecule has 3 atom stereocenters. The molecular weight excluding hydrogens is 438 g/mol. The van der Waals surface area contributed by atoms with Crippen LogP contribution in [0.25, 0.3) is 16.8 Å². The molecule has 0 unspecified atom stereocenters. The van der Waals surface area contributed by atoms with Crippen molar-refractivity contribution in [3.63, 3.8) is 0 Å². The number of amides is 1. The summed E-state index contributed by atoms with van der Waals surface area (Å²) < 4.78 is 7.92. The molecule has 1 saturated heterocycles. The van der Waals surface area contributed by atoms with Crippen LogP contribution in [-0.4, -0.2) is 31.2 Å². The number of carbonyl (C=O) groups excluding carboxylic acids is 1. The quantitative estimate of drug-likeness (QED) is 0.384. The van der Waals surface area contributed by atoms with Gasteiger partial charge in [-0.05, 0) is 68.2 Å². The topological polar surface area (TPSA) is 85.8 Å². The number of aromatic nitrogens is 3. The van der Waals surface area contributed by atoms with Crippen LogP contribution in [0.2, 0.25) is 0 Å². The van der Waals surface area contributed by atoms with Gasteiger partial charge in [0.2, 0.25) is 5.91 Å². The summed E-state index contributed by atoms with van der Waals surface area (Å²) in [6, 6.07) is 17.3. The summed E-state index contributed by atoms with van der Waals surface area (Å²) in [6.07, 6.45) is 6.88. The third-order valence-corrected chi connectivity index (χ3v) is 6.76. The molecule has 2 aromatic heterocycles. The van der Waals surface area contributed by atoms with Gasteiger partial charge >= 0.3 is 0 Å². The van der Waals surface area contributed by atoms with Crippen LogP contribution in [-0.2, 0) is 4.79 Å². The van der Waals surface area contributed by atoms with Crippen LogP contribution in [0, 0.1) is 5.92 Å². The summed E-state index contributed by atoms with van der Waals surface area (Å²) in [4.78, 5) is 24.2. The maximum atomic E-state index is 12.9. The van der Waals surface area contributed by atoms with Crippen molar-refractivity contribution in [2.45, 2.75) is 38.8 Å². The van der Waals surface area contributed by atoms with Gasteiger partial charge in [-0.15, -0.1) is 0 Å². The van der Waals surface area contributed by atoms with Gasteiger partial charge in [0, 0.05) is 24.0 Å². The number of nitrogens with two attached hydrogens (primary N) is 1. The Labute approximate surface area is 204 Å². The van der Waals surface area contributed by atoms with Crippen molar-refractivity contribution in [2.75, 3.05) is 5.73 Å². The number of piperidine rings is 1. The number of hydrogen-bond donors (Lipinski definition) is 1. The van der Waals surface area contributed by atoms with E-state index in [0.29, 0.717) is 5.82 Å². The Kier molecular flexibility index (Phi) is 5.99. The predicted molar refractivity (Wildman–Crippen MR) is 137 cm³/mol. The van der Waals surface area contributed by atoms with Crippen LogP contribution in [0.3, 0.4) is 0 Å². The number of hydrogen-bond acceptors (Lipinski definition) is 5. The molecule has 1 amide bonds. The van der Waals surface area contributed by atoms with E-state index in [1.807, 2.05) is 70.1 Å². The third kappa shape index (κ3) is 4.14. The van der Waals surface area contributed by atoms with Crippen molar-refractivity contribution in [3.8, 4) is 22.8 Å². The Morgan fingerprint density at radius 3 is 2.51 bits per heavy atom. The maximum absolute atomic E-state index is 12.9. The van der Waals surface area contributed by atoms with E-state index in [1.165, 1.54) is 6.08 Å². The van der Waals surface area contributed by atoms with E-state index in [0.717, 1.165) is 46.9 Å². The average molecular weight is 468 g/mol. The normalized spacial score (nSPS) is 20.1. The van der Waals surface area contributed by atoms with Crippen LogP contribution in [0.15, 0.2) is 79.6 Å². The van der Waals surface area contributed by atoms with Crippen molar-refractivity contribution in [2.24, 2.45) is 5.92 Å². The molecule has 1 aliphatic rings. The first-order valence-corrected chi connectivity index (χ1v) is 11.9. The molecule has 0 spiro atoms. The fourth-order valence-corrected chi connectivity index (χ4v) is 4.99. The number of imidazole rings is 1. The van der Waals surface area contributed by atoms with E-state index >= 15 is 0 Å². The molecule has 0 aliphatic carbocycles. The highest BCUT2D eigenvalue weighted by Crippen LogP contribution is 2.41. The molecule has 2 N–H and O–H groups in total. The standard InChI is InChI=1S/C28H29N5O2/c1-4-23(34)33-19(3)11-10-18(2)25(33)28-31-24(26-27(29)30-16-17-32(26)28)20-12-14-22(15-13-20)35-21-8-6-5-7-9-21/h4-9,12-19,25H,1,10-11H2,2-3H3,(H2,29,30)/t18-,19+,25+/m1/s1. The second-order valence-corrected chi connectivity index (χ2v) is 9.09. The molecule has 1 fully saturated rings. The Morgan fingerprint density at radius 1 is 1.09 bits per heavy atom. The molecular formula is C28H29N5O2. The Hall–Kier alpha value is -4.13.